The number of aliphatic hydroxyl groups excluding tert-OH is 1. The molecule has 0 amide bonds. The summed E-state index contributed by atoms with van der Waals surface area (Å²) in [6.07, 6.45) is -0.0929. The number of ether oxygens (including phenoxy) is 2. The van der Waals surface area contributed by atoms with Crippen LogP contribution in [0.5, 0.6) is 0 Å². The Balaban J connectivity index is 2.39. The second kappa shape index (κ2) is 3.73. The summed E-state index contributed by atoms with van der Waals surface area (Å²) in [4.78, 5) is 0. The first-order valence-corrected chi connectivity index (χ1v) is 4.41. The largest absolute Gasteiger partial charge is 0.396 e. The van der Waals surface area contributed by atoms with Crippen LogP contribution in [-0.4, -0.2) is 31.2 Å². The van der Waals surface area contributed by atoms with Gasteiger partial charge in [0.1, 0.15) is 0 Å². The van der Waals surface area contributed by atoms with Crippen molar-refractivity contribution in [2.45, 2.75) is 27.1 Å². The predicted molar refractivity (Wildman–Crippen MR) is 45.7 cm³/mol. The Bertz CT molecular complexity index is 137. The first-order chi connectivity index (χ1) is 5.57. The lowest BCUT2D eigenvalue weighted by Gasteiger charge is -2.37. The van der Waals surface area contributed by atoms with E-state index in [-0.39, 0.29) is 18.3 Å². The summed E-state index contributed by atoms with van der Waals surface area (Å²) in [6.45, 7) is 7.39. The van der Waals surface area contributed by atoms with Crippen molar-refractivity contribution in [1.29, 1.82) is 0 Å². The fourth-order valence-corrected chi connectivity index (χ4v) is 1.13. The van der Waals surface area contributed by atoms with Gasteiger partial charge < -0.3 is 14.6 Å². The maximum absolute atomic E-state index is 9.02. The van der Waals surface area contributed by atoms with Crippen molar-refractivity contribution in [2.75, 3.05) is 19.8 Å². The molecule has 0 spiro atoms. The van der Waals surface area contributed by atoms with E-state index in [1.165, 1.54) is 0 Å². The highest BCUT2D eigenvalue weighted by Crippen LogP contribution is 2.25. The minimum absolute atomic E-state index is 0.0929. The van der Waals surface area contributed by atoms with E-state index in [1.54, 1.807) is 0 Å². The maximum Gasteiger partial charge on any atom is 0.159 e. The van der Waals surface area contributed by atoms with Crippen molar-refractivity contribution in [3.05, 3.63) is 0 Å². The van der Waals surface area contributed by atoms with Crippen LogP contribution >= 0.6 is 0 Å². The highest BCUT2D eigenvalue weighted by atomic mass is 16.7. The first-order valence-electron chi connectivity index (χ1n) is 4.41. The van der Waals surface area contributed by atoms with E-state index in [2.05, 4.69) is 13.8 Å². The Hall–Kier alpha value is -0.120. The van der Waals surface area contributed by atoms with E-state index in [0.717, 1.165) is 0 Å². The molecule has 0 aromatic rings. The molecule has 0 unspecified atom stereocenters. The summed E-state index contributed by atoms with van der Waals surface area (Å²) >= 11 is 0. The molecule has 1 aliphatic rings. The van der Waals surface area contributed by atoms with Crippen LogP contribution in [0, 0.1) is 11.3 Å². The number of aliphatic hydroxyl groups is 1. The molecule has 1 aliphatic heterocycles. The minimum Gasteiger partial charge on any atom is -0.396 e. The molecule has 3 nitrogen and oxygen atoms in total. The second-order valence-corrected chi connectivity index (χ2v) is 4.20. The van der Waals surface area contributed by atoms with Gasteiger partial charge in [0.15, 0.2) is 6.29 Å². The summed E-state index contributed by atoms with van der Waals surface area (Å²) in [5, 5.41) is 9.02. The maximum atomic E-state index is 9.02. The van der Waals surface area contributed by atoms with Gasteiger partial charge in [0.2, 0.25) is 0 Å². The first kappa shape index (κ1) is 9.96. The Morgan fingerprint density at radius 2 is 1.92 bits per heavy atom. The van der Waals surface area contributed by atoms with Crippen LogP contribution in [0.3, 0.4) is 0 Å². The van der Waals surface area contributed by atoms with Gasteiger partial charge in [-0.3, -0.25) is 0 Å². The third kappa shape index (κ3) is 2.19. The lowest BCUT2D eigenvalue weighted by Crippen LogP contribution is -2.43. The number of hydrogen-bond acceptors (Lipinski definition) is 3. The van der Waals surface area contributed by atoms with Gasteiger partial charge in [0.05, 0.1) is 19.8 Å². The van der Waals surface area contributed by atoms with Crippen molar-refractivity contribution in [1.82, 2.24) is 0 Å². The van der Waals surface area contributed by atoms with Crippen molar-refractivity contribution in [2.24, 2.45) is 11.3 Å². The fourth-order valence-electron chi connectivity index (χ4n) is 1.13. The number of rotatable bonds is 2. The van der Waals surface area contributed by atoms with Gasteiger partial charge in [0.25, 0.3) is 0 Å². The van der Waals surface area contributed by atoms with Crippen LogP contribution in [0.1, 0.15) is 20.8 Å². The van der Waals surface area contributed by atoms with Gasteiger partial charge in [-0.2, -0.15) is 0 Å². The van der Waals surface area contributed by atoms with Crippen LogP contribution in [0.4, 0.5) is 0 Å². The van der Waals surface area contributed by atoms with Crippen molar-refractivity contribution >= 4 is 0 Å². The molecule has 12 heavy (non-hydrogen) atoms. The predicted octanol–water partition coefficient (Wildman–Crippen LogP) is 1.01. The SMILES string of the molecule is CC(C)[C@H]1OC[C@](C)(CO)CO1. The quantitative estimate of drug-likeness (QED) is 0.679. The topological polar surface area (TPSA) is 38.7 Å². The lowest BCUT2D eigenvalue weighted by molar-refractivity contribution is -0.247. The Morgan fingerprint density at radius 1 is 1.42 bits per heavy atom. The molecule has 0 aliphatic carbocycles. The summed E-state index contributed by atoms with van der Waals surface area (Å²) < 4.78 is 10.9. The molecule has 1 rings (SSSR count). The van der Waals surface area contributed by atoms with Crippen LogP contribution in [0.25, 0.3) is 0 Å². The van der Waals surface area contributed by atoms with Crippen LogP contribution in [0.2, 0.25) is 0 Å². The van der Waals surface area contributed by atoms with Gasteiger partial charge >= 0.3 is 0 Å². The summed E-state index contributed by atoms with van der Waals surface area (Å²) in [7, 11) is 0. The van der Waals surface area contributed by atoms with Gasteiger partial charge in [-0.15, -0.1) is 0 Å². The molecule has 0 bridgehead atoms. The fraction of sp³-hybridized carbons (Fsp3) is 1.00. The molecule has 1 fully saturated rings. The van der Waals surface area contributed by atoms with Gasteiger partial charge in [0, 0.05) is 11.3 Å². The molecule has 0 aromatic carbocycles. The standard InChI is InChI=1S/C9H18O3/c1-7(2)8-11-5-9(3,4-10)6-12-8/h7-8,10H,4-6H2,1-3H3/t8-,9-. The van der Waals surface area contributed by atoms with Crippen molar-refractivity contribution in [3.63, 3.8) is 0 Å². The van der Waals surface area contributed by atoms with Crippen molar-refractivity contribution in [3.8, 4) is 0 Å². The molecule has 0 atom stereocenters. The molecular weight excluding hydrogens is 156 g/mol. The zero-order chi connectivity index (χ0) is 9.19. The van der Waals surface area contributed by atoms with Crippen LogP contribution in [0.15, 0.2) is 0 Å². The zero-order valence-corrected chi connectivity index (χ0v) is 8.04. The molecule has 0 saturated carbocycles. The van der Waals surface area contributed by atoms with E-state index in [4.69, 9.17) is 14.6 Å². The zero-order valence-electron chi connectivity index (χ0n) is 8.04. The van der Waals surface area contributed by atoms with E-state index in [1.807, 2.05) is 6.92 Å². The number of hydrogen-bond donors (Lipinski definition) is 1. The van der Waals surface area contributed by atoms with E-state index in [0.29, 0.717) is 19.1 Å². The molecule has 3 heteroatoms. The van der Waals surface area contributed by atoms with Gasteiger partial charge in [-0.25, -0.2) is 0 Å². The molecule has 72 valence electrons. The molecule has 0 aromatic heterocycles. The molecule has 1 saturated heterocycles. The molecule has 1 heterocycles. The smallest absolute Gasteiger partial charge is 0.159 e. The van der Waals surface area contributed by atoms with Gasteiger partial charge in [-0.1, -0.05) is 20.8 Å². The molecular formula is C9H18O3. The third-order valence-electron chi connectivity index (χ3n) is 2.12. The van der Waals surface area contributed by atoms with Crippen molar-refractivity contribution < 1.29 is 14.6 Å². The molecule has 1 N–H and O–H groups in total. The third-order valence-corrected chi connectivity index (χ3v) is 2.12. The van der Waals surface area contributed by atoms with E-state index in [9.17, 15) is 0 Å². The molecule has 0 radical (unpaired) electrons. The van der Waals surface area contributed by atoms with Crippen LogP contribution < -0.4 is 0 Å². The highest BCUT2D eigenvalue weighted by Gasteiger charge is 2.33. The summed E-state index contributed by atoms with van der Waals surface area (Å²) in [6, 6.07) is 0. The average Bonchev–Trinajstić information content (AvgIpc) is 2.05. The monoisotopic (exact) mass is 174 g/mol. The Labute approximate surface area is 73.7 Å². The van der Waals surface area contributed by atoms with Crippen LogP contribution in [-0.2, 0) is 9.47 Å². The Morgan fingerprint density at radius 3 is 2.25 bits per heavy atom. The van der Waals surface area contributed by atoms with E-state index < -0.39 is 0 Å². The average molecular weight is 174 g/mol. The van der Waals surface area contributed by atoms with Gasteiger partial charge in [-0.05, 0) is 0 Å². The summed E-state index contributed by atoms with van der Waals surface area (Å²) in [5.41, 5.74) is -0.203. The van der Waals surface area contributed by atoms with E-state index >= 15 is 0 Å². The lowest BCUT2D eigenvalue weighted by atomic mass is 9.93. The summed E-state index contributed by atoms with van der Waals surface area (Å²) in [5.74, 6) is 0.383. The highest BCUT2D eigenvalue weighted by molar-refractivity contribution is 4.76. The second-order valence-electron chi connectivity index (χ2n) is 4.20. The normalized spacial score (nSPS) is 37.2. The minimum atomic E-state index is -0.203. The Kier molecular flexibility index (Phi) is 3.09.